The van der Waals surface area contributed by atoms with Gasteiger partial charge in [-0.05, 0) is 37.8 Å². The van der Waals surface area contributed by atoms with Crippen LogP contribution in [0.25, 0.3) is 0 Å². The zero-order chi connectivity index (χ0) is 16.2. The largest absolute Gasteiger partial charge is 0.416 e. The molecule has 122 valence electrons. The van der Waals surface area contributed by atoms with Crippen LogP contribution in [0.4, 0.5) is 13.2 Å². The first-order valence-electron chi connectivity index (χ1n) is 7.12. The minimum absolute atomic E-state index is 0.0832. The fraction of sp³-hybridized carbons (Fsp3) is 0.643. The van der Waals surface area contributed by atoms with Crippen LogP contribution < -0.4 is 0 Å². The summed E-state index contributed by atoms with van der Waals surface area (Å²) in [5.74, 6) is 0. The Kier molecular flexibility index (Phi) is 3.52. The molecule has 0 amide bonds. The van der Waals surface area contributed by atoms with Crippen LogP contribution in [0.2, 0.25) is 0 Å². The summed E-state index contributed by atoms with van der Waals surface area (Å²) in [5, 5.41) is 9.39. The minimum Gasteiger partial charge on any atom is -0.383 e. The van der Waals surface area contributed by atoms with Gasteiger partial charge >= 0.3 is 6.18 Å². The Balaban J connectivity index is 1.99. The molecule has 2 aliphatic rings. The van der Waals surface area contributed by atoms with Gasteiger partial charge in [0.1, 0.15) is 5.60 Å². The monoisotopic (exact) mass is 335 g/mol. The first-order chi connectivity index (χ1) is 10.1. The molecule has 1 aromatic heterocycles. The van der Waals surface area contributed by atoms with Crippen molar-refractivity contribution in [3.05, 3.63) is 29.6 Å². The molecule has 1 aromatic rings. The molecule has 4 nitrogen and oxygen atoms in total. The number of fused-ring (bicyclic) bond motifs is 2. The van der Waals surface area contributed by atoms with Crippen molar-refractivity contribution in [1.29, 1.82) is 0 Å². The molecule has 0 spiro atoms. The lowest BCUT2D eigenvalue weighted by Gasteiger charge is -2.43. The van der Waals surface area contributed by atoms with E-state index in [-0.39, 0.29) is 18.5 Å². The van der Waals surface area contributed by atoms with Gasteiger partial charge in [-0.1, -0.05) is 6.42 Å². The summed E-state index contributed by atoms with van der Waals surface area (Å²) in [4.78, 5) is 3.88. The fourth-order valence-corrected chi connectivity index (χ4v) is 6.07. The second-order valence-corrected chi connectivity index (χ2v) is 8.64. The number of hydrogen-bond donors (Lipinski definition) is 1. The quantitative estimate of drug-likeness (QED) is 0.856. The average molecular weight is 335 g/mol. The standard InChI is InChI=1S/C14H16F3NO3S/c15-14(16,17)9-4-5-18-12(6-9)13(19)7-10-2-1-3-11(8-13)22(10,20)21/h4-6,10-11,19H,1-3,7-8H2. The van der Waals surface area contributed by atoms with Gasteiger partial charge in [-0.25, -0.2) is 8.42 Å². The maximum atomic E-state index is 12.8. The highest BCUT2D eigenvalue weighted by Crippen LogP contribution is 2.46. The van der Waals surface area contributed by atoms with E-state index in [2.05, 4.69) is 4.98 Å². The normalized spacial score (nSPS) is 34.4. The van der Waals surface area contributed by atoms with Crippen molar-refractivity contribution >= 4 is 9.84 Å². The van der Waals surface area contributed by atoms with Gasteiger partial charge in [0.25, 0.3) is 0 Å². The van der Waals surface area contributed by atoms with Gasteiger partial charge in [0.05, 0.1) is 21.8 Å². The van der Waals surface area contributed by atoms with Gasteiger partial charge in [0, 0.05) is 6.20 Å². The number of nitrogens with zero attached hydrogens (tertiary/aromatic N) is 1. The first-order valence-corrected chi connectivity index (χ1v) is 8.73. The summed E-state index contributed by atoms with van der Waals surface area (Å²) in [5.41, 5.74) is -2.58. The molecule has 2 saturated heterocycles. The Labute approximate surface area is 126 Å². The highest BCUT2D eigenvalue weighted by atomic mass is 32.2. The maximum Gasteiger partial charge on any atom is 0.416 e. The number of hydrogen-bond acceptors (Lipinski definition) is 4. The summed E-state index contributed by atoms with van der Waals surface area (Å²) < 4.78 is 62.9. The summed E-state index contributed by atoms with van der Waals surface area (Å²) in [6.07, 6.45) is -2.03. The van der Waals surface area contributed by atoms with E-state index in [0.29, 0.717) is 12.8 Å². The lowest BCUT2D eigenvalue weighted by molar-refractivity contribution is -0.137. The number of halogens is 3. The Morgan fingerprint density at radius 3 is 2.36 bits per heavy atom. The predicted molar refractivity (Wildman–Crippen MR) is 72.7 cm³/mol. The molecule has 2 bridgehead atoms. The summed E-state index contributed by atoms with van der Waals surface area (Å²) in [6.45, 7) is 0. The fourth-order valence-electron chi connectivity index (χ4n) is 3.52. The van der Waals surface area contributed by atoms with Gasteiger partial charge in [-0.2, -0.15) is 13.2 Å². The van der Waals surface area contributed by atoms with Crippen LogP contribution in [-0.4, -0.2) is 29.0 Å². The van der Waals surface area contributed by atoms with Gasteiger partial charge in [0.15, 0.2) is 9.84 Å². The Morgan fingerprint density at radius 1 is 1.23 bits per heavy atom. The van der Waals surface area contributed by atoms with E-state index in [1.807, 2.05) is 0 Å². The molecule has 22 heavy (non-hydrogen) atoms. The first kappa shape index (κ1) is 15.7. The third kappa shape index (κ3) is 2.52. The van der Waals surface area contributed by atoms with Crippen molar-refractivity contribution in [2.75, 3.05) is 0 Å². The molecule has 3 rings (SSSR count). The van der Waals surface area contributed by atoms with E-state index in [1.54, 1.807) is 0 Å². The van der Waals surface area contributed by atoms with Gasteiger partial charge in [-0.15, -0.1) is 0 Å². The van der Waals surface area contributed by atoms with Crippen molar-refractivity contribution < 1.29 is 26.7 Å². The summed E-state index contributed by atoms with van der Waals surface area (Å²) in [6, 6.07) is 1.67. The van der Waals surface area contributed by atoms with Crippen molar-refractivity contribution in [2.24, 2.45) is 0 Å². The second kappa shape index (κ2) is 4.92. The van der Waals surface area contributed by atoms with Crippen LogP contribution in [-0.2, 0) is 21.6 Å². The molecule has 8 heteroatoms. The third-order valence-corrected chi connectivity index (χ3v) is 7.34. The van der Waals surface area contributed by atoms with Crippen LogP contribution in [0.1, 0.15) is 43.4 Å². The van der Waals surface area contributed by atoms with Gasteiger partial charge < -0.3 is 5.11 Å². The number of rotatable bonds is 1. The molecule has 2 aliphatic heterocycles. The average Bonchev–Trinajstić information content (AvgIpc) is 2.40. The number of sulfone groups is 1. The Hall–Kier alpha value is -1.15. The lowest BCUT2D eigenvalue weighted by atomic mass is 9.82. The molecule has 0 saturated carbocycles. The highest BCUT2D eigenvalue weighted by molar-refractivity contribution is 7.92. The molecule has 2 atom stereocenters. The molecular weight excluding hydrogens is 319 g/mol. The van der Waals surface area contributed by atoms with Gasteiger partial charge in [-0.3, -0.25) is 4.98 Å². The molecule has 0 radical (unpaired) electrons. The molecule has 0 aliphatic carbocycles. The van der Waals surface area contributed by atoms with Crippen LogP contribution in [0.5, 0.6) is 0 Å². The summed E-state index contributed by atoms with van der Waals surface area (Å²) >= 11 is 0. The Morgan fingerprint density at radius 2 is 1.82 bits per heavy atom. The summed E-state index contributed by atoms with van der Waals surface area (Å²) in [7, 11) is -3.29. The Bertz CT molecular complexity index is 667. The van der Waals surface area contributed by atoms with Crippen molar-refractivity contribution in [3.63, 3.8) is 0 Å². The smallest absolute Gasteiger partial charge is 0.383 e. The highest BCUT2D eigenvalue weighted by Gasteiger charge is 2.51. The number of alkyl halides is 3. The van der Waals surface area contributed by atoms with Crippen LogP contribution in [0.15, 0.2) is 18.3 Å². The molecule has 3 heterocycles. The van der Waals surface area contributed by atoms with Crippen LogP contribution in [0, 0.1) is 0 Å². The second-order valence-electron chi connectivity index (χ2n) is 6.13. The molecule has 1 N–H and O–H groups in total. The van der Waals surface area contributed by atoms with Crippen LogP contribution >= 0.6 is 0 Å². The molecular formula is C14H16F3NO3S. The van der Waals surface area contributed by atoms with E-state index in [4.69, 9.17) is 0 Å². The maximum absolute atomic E-state index is 12.8. The van der Waals surface area contributed by atoms with E-state index in [9.17, 15) is 26.7 Å². The van der Waals surface area contributed by atoms with E-state index in [1.165, 1.54) is 0 Å². The van der Waals surface area contributed by atoms with Gasteiger partial charge in [0.2, 0.25) is 0 Å². The van der Waals surface area contributed by atoms with E-state index < -0.39 is 37.7 Å². The predicted octanol–water partition coefficient (Wildman–Crippen LogP) is 2.42. The molecule has 2 unspecified atom stereocenters. The van der Waals surface area contributed by atoms with Crippen molar-refractivity contribution in [1.82, 2.24) is 4.98 Å². The number of pyridine rings is 1. The number of aliphatic hydroxyl groups is 1. The topological polar surface area (TPSA) is 67.3 Å². The van der Waals surface area contributed by atoms with Crippen LogP contribution in [0.3, 0.4) is 0 Å². The molecule has 2 fully saturated rings. The lowest BCUT2D eigenvalue weighted by Crippen LogP contribution is -2.50. The zero-order valence-corrected chi connectivity index (χ0v) is 12.5. The third-order valence-electron chi connectivity index (χ3n) is 4.68. The zero-order valence-electron chi connectivity index (χ0n) is 11.7. The van der Waals surface area contributed by atoms with Crippen molar-refractivity contribution in [3.8, 4) is 0 Å². The van der Waals surface area contributed by atoms with E-state index in [0.717, 1.165) is 24.8 Å². The van der Waals surface area contributed by atoms with Crippen molar-refractivity contribution in [2.45, 2.75) is 54.4 Å². The van der Waals surface area contributed by atoms with E-state index >= 15 is 0 Å². The molecule has 0 aromatic carbocycles. The minimum atomic E-state index is -4.52. The SMILES string of the molecule is O=S1(=O)C2CCCC1CC(O)(c1cc(C(F)(F)F)ccn1)C2. The number of aromatic nitrogens is 1.